The van der Waals surface area contributed by atoms with E-state index >= 15 is 0 Å². The Morgan fingerprint density at radius 3 is 1.84 bits per heavy atom. The fourth-order valence-corrected chi connectivity index (χ4v) is 7.31. The van der Waals surface area contributed by atoms with Crippen molar-refractivity contribution >= 4 is 35.0 Å². The first-order chi connectivity index (χ1) is 24.7. The van der Waals surface area contributed by atoms with Gasteiger partial charge in [0.25, 0.3) is 0 Å². The first-order valence-electron chi connectivity index (χ1n) is 17.1. The van der Waals surface area contributed by atoms with Gasteiger partial charge in [-0.3, -0.25) is 19.6 Å². The topological polar surface area (TPSA) is 152 Å². The molecule has 2 aliphatic rings. The molecule has 51 heavy (non-hydrogen) atoms. The minimum Gasteiger partial charge on any atom is -0.480 e. The van der Waals surface area contributed by atoms with Gasteiger partial charge in [-0.1, -0.05) is 59.6 Å². The third-order valence-corrected chi connectivity index (χ3v) is 10.1. The fourth-order valence-electron chi connectivity index (χ4n) is 6.66. The van der Waals surface area contributed by atoms with Crippen molar-refractivity contribution in [2.45, 2.75) is 76.7 Å². The molecule has 3 heterocycles. The third kappa shape index (κ3) is 8.75. The number of hydrogen-bond acceptors (Lipinski definition) is 10. The molecule has 1 saturated carbocycles. The monoisotopic (exact) mass is 732 g/mol. The number of nitrogens with zero attached hydrogens (tertiary/aromatic N) is 4. The summed E-state index contributed by atoms with van der Waals surface area (Å²) in [5, 5.41) is 13.8. The Bertz CT molecular complexity index is 1890. The van der Waals surface area contributed by atoms with Crippen molar-refractivity contribution in [3.05, 3.63) is 70.2 Å². The van der Waals surface area contributed by atoms with Crippen LogP contribution in [0.3, 0.4) is 0 Å². The SMILES string of the molecule is COc1nc(-c2cccc(-c3cccc(-c4cnc(CNC5CCC(NC(C)=O)CC5)c(OC)n4)c3Cl)c2Cl)cnc1CNC[C@H]1CCC(=O)N1. The number of methoxy groups -OCH3 is 2. The van der Waals surface area contributed by atoms with Crippen molar-refractivity contribution < 1.29 is 19.1 Å². The average molecular weight is 734 g/mol. The highest BCUT2D eigenvalue weighted by atomic mass is 35.5. The molecule has 4 N–H and O–H groups in total. The molecule has 12 nitrogen and oxygen atoms in total. The van der Waals surface area contributed by atoms with Crippen LogP contribution in [0.5, 0.6) is 11.8 Å². The van der Waals surface area contributed by atoms with E-state index in [1.54, 1.807) is 33.5 Å². The number of halogens is 2. The van der Waals surface area contributed by atoms with Crippen molar-refractivity contribution in [2.75, 3.05) is 20.8 Å². The molecule has 4 aromatic rings. The molecular formula is C37H42Cl2N8O4. The Hall–Kier alpha value is -4.36. The lowest BCUT2D eigenvalue weighted by Crippen LogP contribution is -2.41. The van der Waals surface area contributed by atoms with E-state index in [-0.39, 0.29) is 23.9 Å². The van der Waals surface area contributed by atoms with Crippen LogP contribution in [-0.4, -0.2) is 70.6 Å². The zero-order valence-corrected chi connectivity index (χ0v) is 30.4. The van der Waals surface area contributed by atoms with Gasteiger partial charge in [-0.2, -0.15) is 0 Å². The van der Waals surface area contributed by atoms with Gasteiger partial charge in [-0.25, -0.2) is 9.97 Å². The molecule has 1 aliphatic heterocycles. The lowest BCUT2D eigenvalue weighted by atomic mass is 9.91. The van der Waals surface area contributed by atoms with Gasteiger partial charge in [0.2, 0.25) is 23.6 Å². The summed E-state index contributed by atoms with van der Waals surface area (Å²) in [6.07, 6.45) is 8.57. The quantitative estimate of drug-likeness (QED) is 0.139. The molecule has 0 unspecified atom stereocenters. The van der Waals surface area contributed by atoms with E-state index in [1.165, 1.54) is 0 Å². The minimum absolute atomic E-state index is 0.0181. The van der Waals surface area contributed by atoms with Gasteiger partial charge in [0.1, 0.15) is 11.4 Å². The summed E-state index contributed by atoms with van der Waals surface area (Å²) in [4.78, 5) is 41.7. The van der Waals surface area contributed by atoms with E-state index < -0.39 is 0 Å². The van der Waals surface area contributed by atoms with Crippen LogP contribution in [0.15, 0.2) is 48.8 Å². The number of nitrogens with one attached hydrogen (secondary N) is 4. The number of benzene rings is 2. The predicted molar refractivity (Wildman–Crippen MR) is 197 cm³/mol. The molecule has 1 aliphatic carbocycles. The van der Waals surface area contributed by atoms with E-state index in [0.29, 0.717) is 87.8 Å². The lowest BCUT2D eigenvalue weighted by molar-refractivity contribution is -0.120. The summed E-state index contributed by atoms with van der Waals surface area (Å²) in [6.45, 7) is 3.14. The van der Waals surface area contributed by atoms with Crippen LogP contribution in [0.2, 0.25) is 10.0 Å². The summed E-state index contributed by atoms with van der Waals surface area (Å²) >= 11 is 14.1. The number of rotatable bonds is 13. The van der Waals surface area contributed by atoms with Crippen LogP contribution < -0.4 is 30.7 Å². The van der Waals surface area contributed by atoms with Gasteiger partial charge in [0, 0.05) is 73.4 Å². The summed E-state index contributed by atoms with van der Waals surface area (Å²) in [5.41, 5.74) is 5.29. The summed E-state index contributed by atoms with van der Waals surface area (Å²) < 4.78 is 11.2. The molecule has 6 rings (SSSR count). The number of carbonyl (C=O) groups excluding carboxylic acids is 2. The van der Waals surface area contributed by atoms with E-state index in [1.807, 2.05) is 36.4 Å². The van der Waals surface area contributed by atoms with E-state index in [9.17, 15) is 9.59 Å². The maximum Gasteiger partial charge on any atom is 0.237 e. The summed E-state index contributed by atoms with van der Waals surface area (Å²) in [5.74, 6) is 0.907. The molecule has 2 amide bonds. The van der Waals surface area contributed by atoms with Gasteiger partial charge in [0.05, 0.1) is 48.0 Å². The van der Waals surface area contributed by atoms with Gasteiger partial charge in [-0.15, -0.1) is 0 Å². The minimum atomic E-state index is 0.0181. The number of amides is 2. The van der Waals surface area contributed by atoms with E-state index in [4.69, 9.17) is 47.6 Å². The predicted octanol–water partition coefficient (Wildman–Crippen LogP) is 5.50. The van der Waals surface area contributed by atoms with Crippen molar-refractivity contribution in [1.29, 1.82) is 0 Å². The molecule has 2 aromatic carbocycles. The van der Waals surface area contributed by atoms with Gasteiger partial charge in [-0.05, 0) is 32.1 Å². The van der Waals surface area contributed by atoms with Crippen LogP contribution in [0.1, 0.15) is 56.8 Å². The Labute approximate surface area is 307 Å². The van der Waals surface area contributed by atoms with Gasteiger partial charge in [0.15, 0.2) is 0 Å². The molecule has 1 saturated heterocycles. The van der Waals surface area contributed by atoms with Gasteiger partial charge >= 0.3 is 0 Å². The summed E-state index contributed by atoms with van der Waals surface area (Å²) in [7, 11) is 3.14. The number of carbonyl (C=O) groups is 2. The molecule has 14 heteroatoms. The van der Waals surface area contributed by atoms with E-state index in [0.717, 1.165) is 43.2 Å². The average Bonchev–Trinajstić information content (AvgIpc) is 3.56. The van der Waals surface area contributed by atoms with Crippen molar-refractivity contribution in [2.24, 2.45) is 0 Å². The third-order valence-electron chi connectivity index (χ3n) is 9.31. The largest absolute Gasteiger partial charge is 0.480 e. The zero-order chi connectivity index (χ0) is 35.9. The molecule has 0 radical (unpaired) electrons. The Kier molecular flexibility index (Phi) is 12.0. The van der Waals surface area contributed by atoms with Crippen LogP contribution in [0.25, 0.3) is 33.6 Å². The molecule has 0 bridgehead atoms. The summed E-state index contributed by atoms with van der Waals surface area (Å²) in [6, 6.07) is 12.1. The van der Waals surface area contributed by atoms with Crippen molar-refractivity contribution in [1.82, 2.24) is 41.2 Å². The molecule has 0 spiro atoms. The zero-order valence-electron chi connectivity index (χ0n) is 28.9. The Balaban J connectivity index is 1.17. The van der Waals surface area contributed by atoms with Crippen LogP contribution >= 0.6 is 23.2 Å². The molecule has 2 fully saturated rings. The normalized spacial score (nSPS) is 18.7. The Morgan fingerprint density at radius 1 is 0.804 bits per heavy atom. The lowest BCUT2D eigenvalue weighted by Gasteiger charge is -2.29. The standard InChI is InChI=1S/C37H42Cl2N8O4/c1-21(48)44-23-12-10-22(11-13-23)41-20-32-37(51-3)47-30(19-43-32)28-9-5-7-26(35(28)39)25-6-4-8-27(34(25)38)29-18-42-31(36(46-29)50-2)17-40-16-24-14-15-33(49)45-24/h4-9,18-19,22-24,40-41H,10-17,20H2,1-3H3,(H,44,48)(H,45,49)/t22?,23?,24-/m1/s1. The number of hydrogen-bond donors (Lipinski definition) is 4. The van der Waals surface area contributed by atoms with Crippen LogP contribution in [-0.2, 0) is 22.7 Å². The second-order valence-electron chi connectivity index (χ2n) is 12.8. The first kappa shape index (κ1) is 36.4. The maximum absolute atomic E-state index is 11.5. The first-order valence-corrected chi connectivity index (χ1v) is 17.9. The molecule has 2 aromatic heterocycles. The molecule has 1 atom stereocenters. The highest BCUT2D eigenvalue weighted by molar-refractivity contribution is 6.39. The Morgan fingerprint density at radius 2 is 1.33 bits per heavy atom. The molecule has 268 valence electrons. The highest BCUT2D eigenvalue weighted by Gasteiger charge is 2.24. The second-order valence-corrected chi connectivity index (χ2v) is 13.6. The van der Waals surface area contributed by atoms with Crippen LogP contribution in [0.4, 0.5) is 0 Å². The van der Waals surface area contributed by atoms with Crippen molar-refractivity contribution in [3.63, 3.8) is 0 Å². The second kappa shape index (κ2) is 16.8. The van der Waals surface area contributed by atoms with Crippen LogP contribution in [0, 0.1) is 0 Å². The van der Waals surface area contributed by atoms with Gasteiger partial charge < -0.3 is 30.7 Å². The highest BCUT2D eigenvalue weighted by Crippen LogP contribution is 2.42. The number of aromatic nitrogens is 4. The maximum atomic E-state index is 11.5. The molecular weight excluding hydrogens is 691 g/mol. The van der Waals surface area contributed by atoms with E-state index in [2.05, 4.69) is 26.3 Å². The smallest absolute Gasteiger partial charge is 0.237 e. The van der Waals surface area contributed by atoms with Crippen molar-refractivity contribution in [3.8, 4) is 45.4 Å². The fraction of sp³-hybridized carbons (Fsp3) is 0.405. The number of ether oxygens (including phenoxy) is 2.